The van der Waals surface area contributed by atoms with Crippen LogP contribution in [0, 0.1) is 0 Å². The highest BCUT2D eigenvalue weighted by molar-refractivity contribution is 4.75. The number of hydrogen-bond acceptors (Lipinski definition) is 2. The predicted molar refractivity (Wildman–Crippen MR) is 65.2 cm³/mol. The van der Waals surface area contributed by atoms with Crippen LogP contribution >= 0.6 is 0 Å². The molecule has 0 amide bonds. The lowest BCUT2D eigenvalue weighted by atomic mass is 10.1. The van der Waals surface area contributed by atoms with Gasteiger partial charge in [0.05, 0.1) is 6.54 Å². The van der Waals surface area contributed by atoms with Gasteiger partial charge in [-0.25, -0.2) is 0 Å². The first-order valence-electron chi connectivity index (χ1n) is 6.46. The molecule has 1 atom stereocenters. The third kappa shape index (κ3) is 8.44. The summed E-state index contributed by atoms with van der Waals surface area (Å²) in [6.45, 7) is 7.11. The van der Waals surface area contributed by atoms with Crippen LogP contribution in [0.2, 0.25) is 0 Å². The topological polar surface area (TPSA) is 15.3 Å². The number of rotatable bonds is 9. The van der Waals surface area contributed by atoms with Crippen molar-refractivity contribution < 1.29 is 13.2 Å². The second kappa shape index (κ2) is 8.75. The molecule has 0 aromatic carbocycles. The Hall–Kier alpha value is -0.290. The van der Waals surface area contributed by atoms with Gasteiger partial charge in [-0.3, -0.25) is 4.90 Å². The molecular formula is C12H25F3N2. The Morgan fingerprint density at radius 2 is 1.76 bits per heavy atom. The van der Waals surface area contributed by atoms with E-state index in [-0.39, 0.29) is 6.04 Å². The summed E-state index contributed by atoms with van der Waals surface area (Å²) in [5.41, 5.74) is 0. The molecule has 17 heavy (non-hydrogen) atoms. The first-order valence-corrected chi connectivity index (χ1v) is 6.46. The number of halogens is 3. The molecule has 0 fully saturated rings. The molecule has 0 saturated carbocycles. The van der Waals surface area contributed by atoms with E-state index in [9.17, 15) is 13.2 Å². The Morgan fingerprint density at radius 1 is 1.12 bits per heavy atom. The highest BCUT2D eigenvalue weighted by Gasteiger charge is 2.32. The van der Waals surface area contributed by atoms with E-state index in [2.05, 4.69) is 5.32 Å². The molecule has 0 aromatic heterocycles. The van der Waals surface area contributed by atoms with Gasteiger partial charge < -0.3 is 5.32 Å². The van der Waals surface area contributed by atoms with Crippen molar-refractivity contribution in [3.05, 3.63) is 0 Å². The average molecular weight is 254 g/mol. The van der Waals surface area contributed by atoms with Gasteiger partial charge in [0.15, 0.2) is 0 Å². The predicted octanol–water partition coefficient (Wildman–Crippen LogP) is 3.04. The summed E-state index contributed by atoms with van der Waals surface area (Å²) in [6, 6.07) is -0.0249. The van der Waals surface area contributed by atoms with Gasteiger partial charge in [-0.15, -0.1) is 0 Å². The highest BCUT2D eigenvalue weighted by atomic mass is 19.4. The monoisotopic (exact) mass is 254 g/mol. The van der Waals surface area contributed by atoms with E-state index < -0.39 is 12.7 Å². The number of hydrogen-bond donors (Lipinski definition) is 1. The van der Waals surface area contributed by atoms with Gasteiger partial charge in [-0.2, -0.15) is 13.2 Å². The Bertz CT molecular complexity index is 183. The van der Waals surface area contributed by atoms with E-state index in [4.69, 9.17) is 0 Å². The zero-order valence-electron chi connectivity index (χ0n) is 11.1. The molecule has 1 N–H and O–H groups in total. The normalized spacial score (nSPS) is 14.3. The summed E-state index contributed by atoms with van der Waals surface area (Å²) >= 11 is 0. The van der Waals surface area contributed by atoms with Crippen LogP contribution in [-0.2, 0) is 0 Å². The summed E-state index contributed by atoms with van der Waals surface area (Å²) in [7, 11) is 0. The maximum atomic E-state index is 12.5. The Kier molecular flexibility index (Phi) is 8.60. The smallest absolute Gasteiger partial charge is 0.315 e. The van der Waals surface area contributed by atoms with Crippen LogP contribution in [0.4, 0.5) is 13.2 Å². The molecule has 2 nitrogen and oxygen atoms in total. The molecule has 0 aliphatic rings. The summed E-state index contributed by atoms with van der Waals surface area (Å²) in [5, 5.41) is 3.20. The molecule has 0 aromatic rings. The molecular weight excluding hydrogens is 229 g/mol. The van der Waals surface area contributed by atoms with Gasteiger partial charge in [-0.1, -0.05) is 20.8 Å². The summed E-state index contributed by atoms with van der Waals surface area (Å²) in [6.07, 6.45) is -1.61. The van der Waals surface area contributed by atoms with Gasteiger partial charge in [-0.05, 0) is 32.4 Å². The summed E-state index contributed by atoms with van der Waals surface area (Å²) < 4.78 is 37.4. The Morgan fingerprint density at radius 3 is 2.18 bits per heavy atom. The first-order chi connectivity index (χ1) is 7.94. The zero-order valence-corrected chi connectivity index (χ0v) is 11.1. The first kappa shape index (κ1) is 16.7. The van der Waals surface area contributed by atoms with Crippen molar-refractivity contribution in [1.82, 2.24) is 10.2 Å². The van der Waals surface area contributed by atoms with E-state index >= 15 is 0 Å². The molecule has 0 rings (SSSR count). The van der Waals surface area contributed by atoms with Crippen molar-refractivity contribution >= 4 is 0 Å². The maximum absolute atomic E-state index is 12.5. The average Bonchev–Trinajstić information content (AvgIpc) is 2.22. The molecule has 0 spiro atoms. The van der Waals surface area contributed by atoms with E-state index in [0.717, 1.165) is 25.8 Å². The second-order valence-electron chi connectivity index (χ2n) is 4.35. The molecule has 104 valence electrons. The van der Waals surface area contributed by atoms with Gasteiger partial charge in [0.2, 0.25) is 0 Å². The lowest BCUT2D eigenvalue weighted by Gasteiger charge is -2.31. The molecule has 1 unspecified atom stereocenters. The third-order valence-electron chi connectivity index (χ3n) is 2.69. The third-order valence-corrected chi connectivity index (χ3v) is 2.69. The maximum Gasteiger partial charge on any atom is 0.401 e. The molecule has 0 aliphatic heterocycles. The number of nitrogens with one attached hydrogen (secondary N) is 1. The zero-order chi connectivity index (χ0) is 13.3. The summed E-state index contributed by atoms with van der Waals surface area (Å²) in [4.78, 5) is 1.54. The number of nitrogens with zero attached hydrogens (tertiary/aromatic N) is 1. The van der Waals surface area contributed by atoms with Crippen LogP contribution in [0.25, 0.3) is 0 Å². The van der Waals surface area contributed by atoms with E-state index in [1.165, 1.54) is 0 Å². The molecule has 5 heteroatoms. The van der Waals surface area contributed by atoms with Crippen LogP contribution in [0.3, 0.4) is 0 Å². The standard InChI is InChI=1S/C12H25F3N2/c1-4-7-16-9-11(6-3)17(8-5-2)10-12(13,14)15/h11,16H,4-10H2,1-3H3. The van der Waals surface area contributed by atoms with Crippen LogP contribution in [-0.4, -0.2) is 43.3 Å². The Labute approximate surface area is 103 Å². The minimum Gasteiger partial charge on any atom is -0.315 e. The van der Waals surface area contributed by atoms with Crippen molar-refractivity contribution in [2.75, 3.05) is 26.2 Å². The van der Waals surface area contributed by atoms with Gasteiger partial charge in [0, 0.05) is 12.6 Å². The van der Waals surface area contributed by atoms with Gasteiger partial charge in [0.1, 0.15) is 0 Å². The Balaban J connectivity index is 4.30. The number of alkyl halides is 3. The van der Waals surface area contributed by atoms with Gasteiger partial charge >= 0.3 is 6.18 Å². The van der Waals surface area contributed by atoms with E-state index in [1.54, 1.807) is 4.90 Å². The molecule has 0 radical (unpaired) electrons. The van der Waals surface area contributed by atoms with Crippen LogP contribution in [0.5, 0.6) is 0 Å². The van der Waals surface area contributed by atoms with Gasteiger partial charge in [0.25, 0.3) is 0 Å². The second-order valence-corrected chi connectivity index (χ2v) is 4.35. The molecule has 0 saturated heterocycles. The SMILES string of the molecule is CCCNCC(CC)N(CCC)CC(F)(F)F. The largest absolute Gasteiger partial charge is 0.401 e. The van der Waals surface area contributed by atoms with Crippen LogP contribution in [0.1, 0.15) is 40.0 Å². The molecule has 0 bridgehead atoms. The van der Waals surface area contributed by atoms with Crippen molar-refractivity contribution in [2.45, 2.75) is 52.3 Å². The minimum absolute atomic E-state index is 0.0249. The van der Waals surface area contributed by atoms with Crippen molar-refractivity contribution in [2.24, 2.45) is 0 Å². The lowest BCUT2D eigenvalue weighted by molar-refractivity contribution is -0.150. The van der Waals surface area contributed by atoms with Crippen LogP contribution in [0.15, 0.2) is 0 Å². The lowest BCUT2D eigenvalue weighted by Crippen LogP contribution is -2.46. The van der Waals surface area contributed by atoms with E-state index in [0.29, 0.717) is 13.1 Å². The highest BCUT2D eigenvalue weighted by Crippen LogP contribution is 2.19. The van der Waals surface area contributed by atoms with E-state index in [1.807, 2.05) is 20.8 Å². The fourth-order valence-corrected chi connectivity index (χ4v) is 1.89. The van der Waals surface area contributed by atoms with Crippen molar-refractivity contribution in [1.29, 1.82) is 0 Å². The minimum atomic E-state index is -4.10. The van der Waals surface area contributed by atoms with Crippen LogP contribution < -0.4 is 5.32 Å². The summed E-state index contributed by atoms with van der Waals surface area (Å²) in [5.74, 6) is 0. The van der Waals surface area contributed by atoms with Crippen molar-refractivity contribution in [3.8, 4) is 0 Å². The quantitative estimate of drug-likeness (QED) is 0.636. The van der Waals surface area contributed by atoms with Crippen molar-refractivity contribution in [3.63, 3.8) is 0 Å². The molecule has 0 aliphatic carbocycles. The fourth-order valence-electron chi connectivity index (χ4n) is 1.89. The molecule has 0 heterocycles. The fraction of sp³-hybridized carbons (Fsp3) is 1.00.